The molecule has 0 aromatic carbocycles. The summed E-state index contributed by atoms with van der Waals surface area (Å²) in [5.41, 5.74) is -0.693. The molecule has 1 aromatic rings. The largest absolute Gasteiger partial charge is 0.331 e. The van der Waals surface area contributed by atoms with E-state index in [2.05, 4.69) is 0 Å². The highest BCUT2D eigenvalue weighted by atomic mass is 16.2. The summed E-state index contributed by atoms with van der Waals surface area (Å²) in [6.07, 6.45) is 5.82. The molecule has 0 spiro atoms. The van der Waals surface area contributed by atoms with E-state index in [1.54, 1.807) is 0 Å². The predicted molar refractivity (Wildman–Crippen MR) is 67.3 cm³/mol. The van der Waals surface area contributed by atoms with Crippen LogP contribution in [0.3, 0.4) is 0 Å². The van der Waals surface area contributed by atoms with E-state index in [4.69, 9.17) is 5.26 Å². The summed E-state index contributed by atoms with van der Waals surface area (Å²) in [6.45, 7) is 2.75. The van der Waals surface area contributed by atoms with E-state index < -0.39 is 5.56 Å². The third-order valence-corrected chi connectivity index (χ3v) is 3.61. The summed E-state index contributed by atoms with van der Waals surface area (Å²) in [6, 6.07) is 1.87. The first kappa shape index (κ1) is 12.6. The van der Waals surface area contributed by atoms with Crippen molar-refractivity contribution in [3.63, 3.8) is 0 Å². The predicted octanol–water partition coefficient (Wildman–Crippen LogP) is 1.09. The van der Waals surface area contributed by atoms with Crippen LogP contribution in [-0.2, 0) is 13.1 Å². The topological polar surface area (TPSA) is 67.8 Å². The van der Waals surface area contributed by atoms with Crippen LogP contribution in [0.15, 0.2) is 15.8 Å². The maximum Gasteiger partial charge on any atom is 0.331 e. The van der Waals surface area contributed by atoms with Gasteiger partial charge in [0, 0.05) is 19.3 Å². The molecule has 96 valence electrons. The van der Waals surface area contributed by atoms with Gasteiger partial charge in [-0.05, 0) is 25.7 Å². The van der Waals surface area contributed by atoms with Crippen molar-refractivity contribution in [3.05, 3.63) is 32.6 Å². The third-order valence-electron chi connectivity index (χ3n) is 3.61. The molecule has 0 bridgehead atoms. The summed E-state index contributed by atoms with van der Waals surface area (Å²) < 4.78 is 2.66. The second-order valence-electron chi connectivity index (χ2n) is 4.79. The molecule has 1 heterocycles. The van der Waals surface area contributed by atoms with Crippen LogP contribution in [0.1, 0.15) is 38.2 Å². The van der Waals surface area contributed by atoms with Crippen LogP contribution in [0, 0.1) is 17.2 Å². The maximum atomic E-state index is 12.1. The third kappa shape index (κ3) is 2.23. The molecule has 18 heavy (non-hydrogen) atoms. The normalized spacial score (nSPS) is 15.8. The van der Waals surface area contributed by atoms with Gasteiger partial charge in [0.2, 0.25) is 0 Å². The van der Waals surface area contributed by atoms with Gasteiger partial charge in [-0.15, -0.1) is 0 Å². The van der Waals surface area contributed by atoms with E-state index in [1.165, 1.54) is 28.2 Å². The molecule has 0 saturated heterocycles. The van der Waals surface area contributed by atoms with Crippen LogP contribution in [0.4, 0.5) is 0 Å². The molecule has 0 radical (unpaired) electrons. The number of aromatic nitrogens is 2. The lowest BCUT2D eigenvalue weighted by molar-refractivity contribution is 0.424. The van der Waals surface area contributed by atoms with Gasteiger partial charge in [-0.2, -0.15) is 5.26 Å². The Labute approximate surface area is 105 Å². The van der Waals surface area contributed by atoms with Crippen molar-refractivity contribution in [2.24, 2.45) is 5.92 Å². The summed E-state index contributed by atoms with van der Waals surface area (Å²) in [4.78, 5) is 24.1. The summed E-state index contributed by atoms with van der Waals surface area (Å²) in [7, 11) is 0. The van der Waals surface area contributed by atoms with Gasteiger partial charge in [0.05, 0.1) is 0 Å². The lowest BCUT2D eigenvalue weighted by Gasteiger charge is -2.13. The lowest BCUT2D eigenvalue weighted by atomic mass is 10.1. The Morgan fingerprint density at radius 1 is 1.39 bits per heavy atom. The molecule has 1 aromatic heterocycles. The van der Waals surface area contributed by atoms with Gasteiger partial charge >= 0.3 is 5.69 Å². The van der Waals surface area contributed by atoms with Gasteiger partial charge in [0.25, 0.3) is 5.56 Å². The molecule has 5 heteroatoms. The van der Waals surface area contributed by atoms with Gasteiger partial charge in [0.15, 0.2) is 0 Å². The zero-order valence-corrected chi connectivity index (χ0v) is 10.6. The van der Waals surface area contributed by atoms with Gasteiger partial charge in [-0.3, -0.25) is 13.9 Å². The van der Waals surface area contributed by atoms with E-state index in [1.807, 2.05) is 13.0 Å². The Bertz CT molecular complexity index is 586. The molecule has 5 nitrogen and oxygen atoms in total. The van der Waals surface area contributed by atoms with Crippen molar-refractivity contribution in [1.82, 2.24) is 9.13 Å². The van der Waals surface area contributed by atoms with Crippen LogP contribution < -0.4 is 11.2 Å². The van der Waals surface area contributed by atoms with Crippen LogP contribution in [0.25, 0.3) is 0 Å². The molecule has 1 aliphatic carbocycles. The molecule has 0 amide bonds. The quantitative estimate of drug-likeness (QED) is 0.803. The SMILES string of the molecule is CCn1cc(C#N)c(=O)n(CC2CCCC2)c1=O. The molecule has 0 aliphatic heterocycles. The lowest BCUT2D eigenvalue weighted by Crippen LogP contribution is -2.41. The molecule has 0 N–H and O–H groups in total. The minimum Gasteiger partial charge on any atom is -0.299 e. The number of hydrogen-bond acceptors (Lipinski definition) is 3. The highest BCUT2D eigenvalue weighted by molar-refractivity contribution is 5.22. The molecule has 1 fully saturated rings. The molecule has 2 rings (SSSR count). The molecule has 0 unspecified atom stereocenters. The minimum absolute atomic E-state index is 0.0504. The number of rotatable bonds is 3. The standard InChI is InChI=1S/C13H17N3O2/c1-2-15-9-11(7-14)12(17)16(13(15)18)8-10-5-3-4-6-10/h9-10H,2-6,8H2,1H3. The summed E-state index contributed by atoms with van der Waals surface area (Å²) in [5, 5.41) is 8.94. The maximum absolute atomic E-state index is 12.1. The Balaban J connectivity index is 2.47. The highest BCUT2D eigenvalue weighted by Gasteiger charge is 2.19. The van der Waals surface area contributed by atoms with Crippen molar-refractivity contribution in [1.29, 1.82) is 5.26 Å². The van der Waals surface area contributed by atoms with Crippen molar-refractivity contribution < 1.29 is 0 Å². The van der Waals surface area contributed by atoms with Gasteiger partial charge < -0.3 is 0 Å². The van der Waals surface area contributed by atoms with Crippen molar-refractivity contribution in [2.45, 2.75) is 45.7 Å². The first-order valence-corrected chi connectivity index (χ1v) is 6.41. The molecular formula is C13H17N3O2. The highest BCUT2D eigenvalue weighted by Crippen LogP contribution is 2.25. The first-order chi connectivity index (χ1) is 8.67. The van der Waals surface area contributed by atoms with Crippen molar-refractivity contribution >= 4 is 0 Å². The zero-order chi connectivity index (χ0) is 13.1. The smallest absolute Gasteiger partial charge is 0.299 e. The average molecular weight is 247 g/mol. The monoisotopic (exact) mass is 247 g/mol. The number of hydrogen-bond donors (Lipinski definition) is 0. The van der Waals surface area contributed by atoms with Crippen LogP contribution in [0.2, 0.25) is 0 Å². The van der Waals surface area contributed by atoms with E-state index in [0.29, 0.717) is 19.0 Å². The van der Waals surface area contributed by atoms with E-state index in [0.717, 1.165) is 12.8 Å². The summed E-state index contributed by atoms with van der Waals surface area (Å²) in [5.74, 6) is 0.398. The minimum atomic E-state index is -0.445. The zero-order valence-electron chi connectivity index (χ0n) is 10.6. The number of nitrogens with zero attached hydrogens (tertiary/aromatic N) is 3. The first-order valence-electron chi connectivity index (χ1n) is 6.41. The second-order valence-corrected chi connectivity index (χ2v) is 4.79. The number of aryl methyl sites for hydroxylation is 1. The van der Waals surface area contributed by atoms with Crippen LogP contribution in [-0.4, -0.2) is 9.13 Å². The Kier molecular flexibility index (Phi) is 3.66. The fourth-order valence-electron chi connectivity index (χ4n) is 2.57. The van der Waals surface area contributed by atoms with E-state index >= 15 is 0 Å². The molecule has 0 atom stereocenters. The Morgan fingerprint density at radius 3 is 2.61 bits per heavy atom. The average Bonchev–Trinajstić information content (AvgIpc) is 2.88. The number of nitriles is 1. The Hall–Kier alpha value is -1.83. The Morgan fingerprint density at radius 2 is 2.06 bits per heavy atom. The second kappa shape index (κ2) is 5.21. The van der Waals surface area contributed by atoms with Crippen LogP contribution >= 0.6 is 0 Å². The molecular weight excluding hydrogens is 230 g/mol. The van der Waals surface area contributed by atoms with Crippen molar-refractivity contribution in [3.8, 4) is 6.07 Å². The van der Waals surface area contributed by atoms with E-state index in [-0.39, 0.29) is 11.3 Å². The fraction of sp³-hybridized carbons (Fsp3) is 0.615. The van der Waals surface area contributed by atoms with Crippen molar-refractivity contribution in [2.75, 3.05) is 0 Å². The van der Waals surface area contributed by atoms with E-state index in [9.17, 15) is 9.59 Å². The van der Waals surface area contributed by atoms with Gasteiger partial charge in [-0.1, -0.05) is 12.8 Å². The van der Waals surface area contributed by atoms with Crippen LogP contribution in [0.5, 0.6) is 0 Å². The fourth-order valence-corrected chi connectivity index (χ4v) is 2.57. The molecule has 1 saturated carbocycles. The summed E-state index contributed by atoms with van der Waals surface area (Å²) >= 11 is 0. The van der Waals surface area contributed by atoms with Gasteiger partial charge in [0.1, 0.15) is 11.6 Å². The van der Waals surface area contributed by atoms with Gasteiger partial charge in [-0.25, -0.2) is 4.79 Å². The molecule has 1 aliphatic rings.